The molecule has 12 heteroatoms. The maximum absolute atomic E-state index is 13.8. The van der Waals surface area contributed by atoms with E-state index in [1.807, 2.05) is 0 Å². The molecule has 2 heterocycles. The zero-order chi connectivity index (χ0) is 29.2. The van der Waals surface area contributed by atoms with E-state index in [1.165, 1.54) is 61.8 Å². The average Bonchev–Trinajstić information content (AvgIpc) is 2.89. The standard InChI is InChI=1S/C28H27ClF3N3O5/c1-15(39-2)9-23(27(38)34-20-7-4-16(5-8-20)26(33)37)35-13-24-22(12-25(35)36)21-11-19(29)6-3-17(21)10-18(14-40-24)28(30,31)32/h3-8,11-13,15,18,23H,9-10,14H2,1-2H3,(H2,33,37)(H,34,38)/t15-,18+,23?/m0/s1. The van der Waals surface area contributed by atoms with Gasteiger partial charge in [-0.2, -0.15) is 13.2 Å². The van der Waals surface area contributed by atoms with E-state index in [0.717, 1.165) is 4.57 Å². The fourth-order valence-electron chi connectivity index (χ4n) is 4.50. The highest BCUT2D eigenvalue weighted by atomic mass is 35.5. The van der Waals surface area contributed by atoms with Gasteiger partial charge in [0.1, 0.15) is 18.4 Å². The van der Waals surface area contributed by atoms with E-state index in [1.54, 1.807) is 6.92 Å². The number of hydrogen-bond acceptors (Lipinski definition) is 5. The molecule has 3 N–H and O–H groups in total. The average molecular weight is 578 g/mol. The molecule has 8 nitrogen and oxygen atoms in total. The SMILES string of the molecule is CO[C@@H](C)CC(C(=O)Nc1ccc(C(N)=O)cc1)n1cc2c(cc1=O)-c1cc(Cl)ccc1C[C@@H](C(F)(F)F)CO2. The molecule has 0 saturated carbocycles. The van der Waals surface area contributed by atoms with Crippen molar-refractivity contribution in [2.24, 2.45) is 11.7 Å². The lowest BCUT2D eigenvalue weighted by molar-refractivity contribution is -0.181. The Bertz CT molecular complexity index is 1470. The number of rotatable bonds is 7. The zero-order valence-corrected chi connectivity index (χ0v) is 22.4. The van der Waals surface area contributed by atoms with Crippen molar-refractivity contribution in [1.29, 1.82) is 0 Å². The van der Waals surface area contributed by atoms with Gasteiger partial charge in [0.25, 0.3) is 5.56 Å². The van der Waals surface area contributed by atoms with Gasteiger partial charge < -0.3 is 20.5 Å². The van der Waals surface area contributed by atoms with E-state index in [-0.39, 0.29) is 34.7 Å². The lowest BCUT2D eigenvalue weighted by Crippen LogP contribution is -2.36. The Morgan fingerprint density at radius 1 is 1.18 bits per heavy atom. The van der Waals surface area contributed by atoms with Gasteiger partial charge in [-0.25, -0.2) is 0 Å². The Morgan fingerprint density at radius 2 is 1.88 bits per heavy atom. The molecule has 1 aliphatic rings. The van der Waals surface area contributed by atoms with E-state index in [0.29, 0.717) is 16.8 Å². The molecule has 0 spiro atoms. The number of primary amides is 1. The van der Waals surface area contributed by atoms with Gasteiger partial charge in [-0.1, -0.05) is 17.7 Å². The number of halogens is 4. The minimum atomic E-state index is -4.52. The summed E-state index contributed by atoms with van der Waals surface area (Å²) >= 11 is 6.17. The molecule has 3 aromatic rings. The van der Waals surface area contributed by atoms with E-state index in [4.69, 9.17) is 26.8 Å². The Labute approximate surface area is 232 Å². The van der Waals surface area contributed by atoms with Gasteiger partial charge >= 0.3 is 6.18 Å². The van der Waals surface area contributed by atoms with Crippen molar-refractivity contribution in [3.8, 4) is 16.9 Å². The fourth-order valence-corrected chi connectivity index (χ4v) is 4.67. The van der Waals surface area contributed by atoms with Crippen LogP contribution in [0.3, 0.4) is 0 Å². The van der Waals surface area contributed by atoms with Crippen LogP contribution in [-0.2, 0) is 16.0 Å². The van der Waals surface area contributed by atoms with Crippen molar-refractivity contribution in [1.82, 2.24) is 4.57 Å². The summed E-state index contributed by atoms with van der Waals surface area (Å²) in [6.45, 7) is 1.04. The highest BCUT2D eigenvalue weighted by molar-refractivity contribution is 6.30. The van der Waals surface area contributed by atoms with E-state index in [2.05, 4.69) is 5.32 Å². The van der Waals surface area contributed by atoms with Crippen molar-refractivity contribution in [2.75, 3.05) is 19.0 Å². The number of fused-ring (bicyclic) bond motifs is 3. The zero-order valence-electron chi connectivity index (χ0n) is 21.6. The van der Waals surface area contributed by atoms with Crippen molar-refractivity contribution in [3.63, 3.8) is 0 Å². The summed E-state index contributed by atoms with van der Waals surface area (Å²) in [5.41, 5.74) is 6.28. The second-order valence-corrected chi connectivity index (χ2v) is 10.0. The minimum Gasteiger partial charge on any atom is -0.491 e. The summed E-state index contributed by atoms with van der Waals surface area (Å²) < 4.78 is 53.5. The molecule has 0 bridgehead atoms. The van der Waals surface area contributed by atoms with Crippen LogP contribution in [0.4, 0.5) is 18.9 Å². The van der Waals surface area contributed by atoms with E-state index < -0.39 is 48.2 Å². The van der Waals surface area contributed by atoms with Crippen LogP contribution in [-0.4, -0.2) is 42.4 Å². The Kier molecular flexibility index (Phi) is 8.55. The first kappa shape index (κ1) is 29.2. The number of nitrogens with zero attached hydrogens (tertiary/aromatic N) is 1. The summed E-state index contributed by atoms with van der Waals surface area (Å²) in [5, 5.41) is 2.99. The number of pyridine rings is 1. The van der Waals surface area contributed by atoms with Gasteiger partial charge in [0.15, 0.2) is 0 Å². The number of hydrogen-bond donors (Lipinski definition) is 2. The van der Waals surface area contributed by atoms with Crippen LogP contribution in [0.1, 0.15) is 35.3 Å². The summed E-state index contributed by atoms with van der Waals surface area (Å²) in [7, 11) is 1.45. The van der Waals surface area contributed by atoms with Gasteiger partial charge in [-0.3, -0.25) is 19.0 Å². The topological polar surface area (TPSA) is 113 Å². The summed E-state index contributed by atoms with van der Waals surface area (Å²) in [6.07, 6.45) is -4.01. The molecular weight excluding hydrogens is 551 g/mol. The van der Waals surface area contributed by atoms with E-state index in [9.17, 15) is 27.6 Å². The lowest BCUT2D eigenvalue weighted by Gasteiger charge is -2.28. The number of methoxy groups -OCH3 is 1. The maximum Gasteiger partial charge on any atom is 0.395 e. The number of nitrogens with two attached hydrogens (primary N) is 1. The first-order valence-electron chi connectivity index (χ1n) is 12.4. The summed E-state index contributed by atoms with van der Waals surface area (Å²) in [5.74, 6) is -3.00. The largest absolute Gasteiger partial charge is 0.491 e. The molecule has 1 unspecified atom stereocenters. The van der Waals surface area contributed by atoms with Crippen LogP contribution in [0.5, 0.6) is 5.75 Å². The summed E-state index contributed by atoms with van der Waals surface area (Å²) in [4.78, 5) is 38.2. The van der Waals surface area contributed by atoms with Crippen molar-refractivity contribution < 1.29 is 32.2 Å². The quantitative estimate of drug-likeness (QED) is 0.411. The lowest BCUT2D eigenvalue weighted by atomic mass is 9.91. The van der Waals surface area contributed by atoms with Crippen LogP contribution in [0.2, 0.25) is 5.02 Å². The number of benzene rings is 2. The van der Waals surface area contributed by atoms with Crippen molar-refractivity contribution in [3.05, 3.63) is 81.2 Å². The van der Waals surface area contributed by atoms with Gasteiger partial charge in [0.05, 0.1) is 18.2 Å². The molecule has 2 aromatic carbocycles. The second-order valence-electron chi connectivity index (χ2n) is 9.58. The Morgan fingerprint density at radius 3 is 2.50 bits per heavy atom. The Balaban J connectivity index is 1.77. The first-order valence-corrected chi connectivity index (χ1v) is 12.7. The van der Waals surface area contributed by atoms with Gasteiger partial charge in [-0.05, 0) is 60.9 Å². The molecule has 0 fully saturated rings. The van der Waals surface area contributed by atoms with Gasteiger partial charge in [0.2, 0.25) is 11.8 Å². The molecule has 1 aliphatic heterocycles. The van der Waals surface area contributed by atoms with Crippen LogP contribution in [0.15, 0.2) is 59.5 Å². The normalized spacial score (nSPS) is 16.4. The molecule has 0 saturated heterocycles. The molecule has 4 rings (SSSR count). The number of anilines is 1. The van der Waals surface area contributed by atoms with Gasteiger partial charge in [0, 0.05) is 41.4 Å². The van der Waals surface area contributed by atoms with Crippen LogP contribution in [0, 0.1) is 5.92 Å². The third-order valence-corrected chi connectivity index (χ3v) is 7.04. The second kappa shape index (κ2) is 11.7. The Hall–Kier alpha value is -3.83. The van der Waals surface area contributed by atoms with E-state index >= 15 is 0 Å². The summed E-state index contributed by atoms with van der Waals surface area (Å²) in [6, 6.07) is 10.5. The van der Waals surface area contributed by atoms with Gasteiger partial charge in [-0.15, -0.1) is 0 Å². The minimum absolute atomic E-state index is 0.00532. The van der Waals surface area contributed by atoms with Crippen LogP contribution in [0.25, 0.3) is 11.1 Å². The number of ether oxygens (including phenoxy) is 2. The molecule has 3 atom stereocenters. The monoisotopic (exact) mass is 577 g/mol. The number of carbonyl (C=O) groups is 2. The van der Waals surface area contributed by atoms with Crippen LogP contribution >= 0.6 is 11.6 Å². The highest BCUT2D eigenvalue weighted by Gasteiger charge is 2.41. The number of nitrogens with one attached hydrogen (secondary N) is 1. The number of alkyl halides is 3. The smallest absolute Gasteiger partial charge is 0.395 e. The molecular formula is C28H27ClF3N3O5. The molecule has 2 amide bonds. The predicted octanol–water partition coefficient (Wildman–Crippen LogP) is 4.99. The molecule has 1 aromatic heterocycles. The molecule has 212 valence electrons. The van der Waals surface area contributed by atoms with Crippen LogP contribution < -0.4 is 21.3 Å². The van der Waals surface area contributed by atoms with Crippen molar-refractivity contribution in [2.45, 2.75) is 38.1 Å². The molecule has 0 aliphatic carbocycles. The van der Waals surface area contributed by atoms with Crippen molar-refractivity contribution >= 4 is 29.1 Å². The number of amides is 2. The fraction of sp³-hybridized carbons (Fsp3) is 0.321. The number of aromatic nitrogens is 1. The highest BCUT2D eigenvalue weighted by Crippen LogP contribution is 2.40. The third kappa shape index (κ3) is 6.48. The first-order chi connectivity index (χ1) is 18.9. The maximum atomic E-state index is 13.8. The third-order valence-electron chi connectivity index (χ3n) is 6.81. The number of carbonyl (C=O) groups excluding carboxylic acids is 2. The predicted molar refractivity (Wildman–Crippen MR) is 144 cm³/mol. The molecule has 0 radical (unpaired) electrons. The molecule has 40 heavy (non-hydrogen) atoms.